The van der Waals surface area contributed by atoms with Gasteiger partial charge in [-0.15, -0.1) is 0 Å². The van der Waals surface area contributed by atoms with Crippen molar-refractivity contribution in [3.05, 3.63) is 35.9 Å². The minimum atomic E-state index is -0.725. The van der Waals surface area contributed by atoms with Gasteiger partial charge in [-0.1, -0.05) is 44.2 Å². The average Bonchev–Trinajstić information content (AvgIpc) is 2.79. The summed E-state index contributed by atoms with van der Waals surface area (Å²) in [6, 6.07) is 10.0. The van der Waals surface area contributed by atoms with Crippen LogP contribution < -0.4 is 10.6 Å². The van der Waals surface area contributed by atoms with Crippen molar-refractivity contribution in [3.8, 4) is 0 Å². The molecule has 0 unspecified atom stereocenters. The Bertz CT molecular complexity index is 803. The van der Waals surface area contributed by atoms with E-state index in [1.165, 1.54) is 12.5 Å². The van der Waals surface area contributed by atoms with Crippen LogP contribution >= 0.6 is 0 Å². The zero-order valence-corrected chi connectivity index (χ0v) is 20.4. The highest BCUT2D eigenvalue weighted by Crippen LogP contribution is 2.34. The Morgan fingerprint density at radius 1 is 1.15 bits per heavy atom. The van der Waals surface area contributed by atoms with Crippen molar-refractivity contribution in [1.29, 1.82) is 0 Å². The van der Waals surface area contributed by atoms with Crippen LogP contribution in [0.2, 0.25) is 0 Å². The van der Waals surface area contributed by atoms with Crippen molar-refractivity contribution in [3.63, 3.8) is 0 Å². The van der Waals surface area contributed by atoms with Gasteiger partial charge in [-0.25, -0.2) is 0 Å². The number of rotatable bonds is 10. The molecule has 2 aliphatic rings. The normalized spacial score (nSPS) is 20.8. The first-order chi connectivity index (χ1) is 15.8. The predicted octanol–water partition coefficient (Wildman–Crippen LogP) is 2.35. The summed E-state index contributed by atoms with van der Waals surface area (Å²) in [4.78, 5) is 42.2. The van der Waals surface area contributed by atoms with Gasteiger partial charge >= 0.3 is 0 Å². The van der Waals surface area contributed by atoms with Gasteiger partial charge in [0, 0.05) is 39.6 Å². The molecule has 0 radical (unpaired) electrons. The van der Waals surface area contributed by atoms with Crippen LogP contribution in [0.1, 0.15) is 58.4 Å². The second-order valence-electron chi connectivity index (χ2n) is 9.96. The summed E-state index contributed by atoms with van der Waals surface area (Å²) in [7, 11) is 0. The van der Waals surface area contributed by atoms with Crippen molar-refractivity contribution in [2.24, 2.45) is 5.92 Å². The van der Waals surface area contributed by atoms with Gasteiger partial charge in [-0.05, 0) is 50.0 Å². The zero-order valence-electron chi connectivity index (χ0n) is 20.4. The molecule has 3 rings (SSSR count). The minimum absolute atomic E-state index is 0.0114. The quantitative estimate of drug-likeness (QED) is 0.530. The number of carbonyl (C=O) groups is 3. The van der Waals surface area contributed by atoms with E-state index in [4.69, 9.17) is 0 Å². The number of nitrogens with zero attached hydrogens (tertiary/aromatic N) is 2. The number of unbranched alkanes of at least 4 members (excludes halogenated alkanes) is 1. The van der Waals surface area contributed by atoms with Gasteiger partial charge in [-0.3, -0.25) is 14.4 Å². The molecule has 1 aromatic rings. The monoisotopic (exact) mass is 456 g/mol. The molecule has 33 heavy (non-hydrogen) atoms. The highest BCUT2D eigenvalue weighted by Gasteiger charge is 2.53. The summed E-state index contributed by atoms with van der Waals surface area (Å²) in [6.45, 7) is 9.53. The van der Waals surface area contributed by atoms with Gasteiger partial charge in [0.05, 0.1) is 0 Å². The fraction of sp³-hybridized carbons (Fsp3) is 0.654. The number of likely N-dealkylation sites (tertiary alicyclic amines) is 1. The highest BCUT2D eigenvalue weighted by atomic mass is 16.2. The smallest absolute Gasteiger partial charge is 0.246 e. The average molecular weight is 457 g/mol. The van der Waals surface area contributed by atoms with E-state index in [2.05, 4.69) is 53.6 Å². The number of piperazine rings is 1. The summed E-state index contributed by atoms with van der Waals surface area (Å²) in [5.41, 5.74) is 0.600. The topological polar surface area (TPSA) is 81.8 Å². The summed E-state index contributed by atoms with van der Waals surface area (Å²) in [5.74, 6) is 0.323. The first kappa shape index (κ1) is 25.2. The molecule has 2 heterocycles. The lowest BCUT2D eigenvalue weighted by Gasteiger charge is -2.52. The Hall–Kier alpha value is -2.41. The van der Waals surface area contributed by atoms with Crippen LogP contribution in [0.3, 0.4) is 0 Å². The zero-order chi connectivity index (χ0) is 23.8. The fourth-order valence-corrected chi connectivity index (χ4v) is 5.01. The molecule has 7 heteroatoms. The maximum atomic E-state index is 13.5. The van der Waals surface area contributed by atoms with Crippen LogP contribution in [0.4, 0.5) is 0 Å². The van der Waals surface area contributed by atoms with Crippen LogP contribution in [-0.2, 0) is 20.8 Å². The molecule has 2 N–H and O–H groups in total. The number of carbonyl (C=O) groups excluding carboxylic acids is 3. The lowest BCUT2D eigenvalue weighted by Crippen LogP contribution is -2.73. The molecule has 2 aliphatic heterocycles. The molecule has 1 aromatic carbocycles. The van der Waals surface area contributed by atoms with Gasteiger partial charge < -0.3 is 20.4 Å². The van der Waals surface area contributed by atoms with Crippen molar-refractivity contribution >= 4 is 17.7 Å². The largest absolute Gasteiger partial charge is 0.356 e. The lowest BCUT2D eigenvalue weighted by atomic mass is 9.80. The lowest BCUT2D eigenvalue weighted by molar-refractivity contribution is -0.162. The van der Waals surface area contributed by atoms with Crippen molar-refractivity contribution in [2.45, 2.75) is 70.9 Å². The Labute approximate surface area is 198 Å². The van der Waals surface area contributed by atoms with Crippen LogP contribution in [-0.4, -0.2) is 71.8 Å². The number of hydrogen-bond acceptors (Lipinski definition) is 4. The molecule has 182 valence electrons. The van der Waals surface area contributed by atoms with Gasteiger partial charge in [-0.2, -0.15) is 0 Å². The molecule has 0 aliphatic carbocycles. The number of nitrogens with one attached hydrogen (secondary N) is 2. The maximum Gasteiger partial charge on any atom is 0.246 e. The third-order valence-corrected chi connectivity index (χ3v) is 6.89. The molecule has 1 atom stereocenters. The molecule has 7 nitrogen and oxygen atoms in total. The summed E-state index contributed by atoms with van der Waals surface area (Å²) in [6.07, 6.45) is 4.55. The molecule has 0 aromatic heterocycles. The number of piperidine rings is 1. The minimum Gasteiger partial charge on any atom is -0.356 e. The third kappa shape index (κ3) is 6.56. The third-order valence-electron chi connectivity index (χ3n) is 6.89. The van der Waals surface area contributed by atoms with Crippen LogP contribution in [0, 0.1) is 5.92 Å². The van der Waals surface area contributed by atoms with E-state index in [1.807, 2.05) is 11.0 Å². The van der Waals surface area contributed by atoms with Crippen LogP contribution in [0.15, 0.2) is 30.3 Å². The summed E-state index contributed by atoms with van der Waals surface area (Å²) < 4.78 is 0. The molecule has 3 amide bonds. The van der Waals surface area contributed by atoms with Gasteiger partial charge in [0.25, 0.3) is 0 Å². The van der Waals surface area contributed by atoms with E-state index in [0.29, 0.717) is 38.3 Å². The fourth-order valence-electron chi connectivity index (χ4n) is 5.01. The number of hydrogen-bond donors (Lipinski definition) is 2. The van der Waals surface area contributed by atoms with Gasteiger partial charge in [0.1, 0.15) is 11.6 Å². The molecule has 2 saturated heterocycles. The molecular weight excluding hydrogens is 416 g/mol. The summed E-state index contributed by atoms with van der Waals surface area (Å²) >= 11 is 0. The predicted molar refractivity (Wildman–Crippen MR) is 130 cm³/mol. The highest BCUT2D eigenvalue weighted by molar-refractivity contribution is 6.00. The SMILES string of the molecule is CC(=O)NCCCC[C@@H]1NC(=O)C2(CCN(CCc3ccccc3)CC2)N(CC(C)C)C1=O. The van der Waals surface area contributed by atoms with Crippen LogP contribution in [0.5, 0.6) is 0 Å². The van der Waals surface area contributed by atoms with E-state index in [9.17, 15) is 14.4 Å². The molecule has 1 spiro atoms. The first-order valence-corrected chi connectivity index (χ1v) is 12.4. The molecule has 2 fully saturated rings. The molecular formula is C26H40N4O3. The van der Waals surface area contributed by atoms with Crippen molar-refractivity contribution < 1.29 is 14.4 Å². The first-order valence-electron chi connectivity index (χ1n) is 12.4. The van der Waals surface area contributed by atoms with Gasteiger partial charge in [0.2, 0.25) is 17.7 Å². The Balaban J connectivity index is 1.59. The standard InChI is InChI=1S/C26H40N4O3/c1-20(2)19-30-24(32)23(11-7-8-15-27-21(3)31)28-25(33)26(30)13-17-29(18-14-26)16-12-22-9-5-4-6-10-22/h4-6,9-10,20,23H,7-8,11-19H2,1-3H3,(H,27,31)(H,28,33)/t23-/m0/s1. The van der Waals surface area contributed by atoms with E-state index < -0.39 is 11.6 Å². The van der Waals surface area contributed by atoms with E-state index in [1.54, 1.807) is 0 Å². The molecule has 0 saturated carbocycles. The van der Waals surface area contributed by atoms with E-state index >= 15 is 0 Å². The van der Waals surface area contributed by atoms with Crippen molar-refractivity contribution in [2.75, 3.05) is 32.7 Å². The van der Waals surface area contributed by atoms with Gasteiger partial charge in [0.15, 0.2) is 0 Å². The number of benzene rings is 1. The Kier molecular flexibility index (Phi) is 8.89. The Morgan fingerprint density at radius 2 is 1.85 bits per heavy atom. The van der Waals surface area contributed by atoms with Crippen molar-refractivity contribution in [1.82, 2.24) is 20.4 Å². The summed E-state index contributed by atoms with van der Waals surface area (Å²) in [5, 5.41) is 5.85. The van der Waals surface area contributed by atoms with Crippen LogP contribution in [0.25, 0.3) is 0 Å². The number of amides is 3. The second-order valence-corrected chi connectivity index (χ2v) is 9.96. The maximum absolute atomic E-state index is 13.5. The molecule has 0 bridgehead atoms. The Morgan fingerprint density at radius 3 is 2.48 bits per heavy atom. The van der Waals surface area contributed by atoms with E-state index in [0.717, 1.165) is 38.9 Å². The second kappa shape index (κ2) is 11.6. The van der Waals surface area contributed by atoms with E-state index in [-0.39, 0.29) is 17.7 Å².